The Bertz CT molecular complexity index is 279. The van der Waals surface area contributed by atoms with Gasteiger partial charge in [0.25, 0.3) is 0 Å². The van der Waals surface area contributed by atoms with Gasteiger partial charge in [-0.3, -0.25) is 4.79 Å². The standard InChI is InChI=1S/C12H20N2OS2.C2H6/c15-12(5-11-8-16-3-4-17-11)14-9-1-2-10(14)7-13-6-9;1-2/h9-11,13H,1-8H2;1-2H3. The number of hydrogen-bond acceptors (Lipinski definition) is 4. The van der Waals surface area contributed by atoms with Gasteiger partial charge in [-0.2, -0.15) is 23.5 Å². The van der Waals surface area contributed by atoms with Crippen LogP contribution in [-0.4, -0.2) is 58.5 Å². The topological polar surface area (TPSA) is 32.3 Å². The summed E-state index contributed by atoms with van der Waals surface area (Å²) in [5.41, 5.74) is 0. The molecule has 3 aliphatic heterocycles. The van der Waals surface area contributed by atoms with Gasteiger partial charge in [0.2, 0.25) is 5.91 Å². The minimum atomic E-state index is 0.416. The van der Waals surface area contributed by atoms with Crippen molar-refractivity contribution in [2.24, 2.45) is 0 Å². The first kappa shape index (κ1) is 15.5. The van der Waals surface area contributed by atoms with Crippen molar-refractivity contribution in [3.63, 3.8) is 0 Å². The average Bonchev–Trinajstić information content (AvgIpc) is 2.72. The van der Waals surface area contributed by atoms with Gasteiger partial charge in [0.1, 0.15) is 0 Å². The van der Waals surface area contributed by atoms with Crippen LogP contribution < -0.4 is 5.32 Å². The number of carbonyl (C=O) groups is 1. The van der Waals surface area contributed by atoms with Crippen molar-refractivity contribution in [3.8, 4) is 0 Å². The van der Waals surface area contributed by atoms with Crippen molar-refractivity contribution in [1.82, 2.24) is 10.2 Å². The molecule has 110 valence electrons. The molecule has 1 N–H and O–H groups in total. The normalized spacial score (nSPS) is 33.6. The van der Waals surface area contributed by atoms with Crippen LogP contribution in [0.5, 0.6) is 0 Å². The van der Waals surface area contributed by atoms with Crippen LogP contribution in [-0.2, 0) is 4.79 Å². The molecule has 3 rings (SSSR count). The predicted octanol–water partition coefficient (Wildman–Crippen LogP) is 2.21. The Morgan fingerprint density at radius 1 is 1.21 bits per heavy atom. The summed E-state index contributed by atoms with van der Waals surface area (Å²) in [4.78, 5) is 14.6. The summed E-state index contributed by atoms with van der Waals surface area (Å²) in [6.07, 6.45) is 3.18. The van der Waals surface area contributed by atoms with Gasteiger partial charge in [0, 0.05) is 54.1 Å². The summed E-state index contributed by atoms with van der Waals surface area (Å²) in [7, 11) is 0. The molecule has 0 spiro atoms. The number of piperazine rings is 1. The van der Waals surface area contributed by atoms with E-state index in [1.54, 1.807) is 0 Å². The maximum atomic E-state index is 12.4. The van der Waals surface area contributed by atoms with E-state index in [1.165, 1.54) is 24.3 Å². The molecule has 3 aliphatic rings. The van der Waals surface area contributed by atoms with Gasteiger partial charge in [-0.25, -0.2) is 0 Å². The molecule has 5 heteroatoms. The lowest BCUT2D eigenvalue weighted by Gasteiger charge is -2.36. The Kier molecular flexibility index (Phi) is 6.36. The zero-order valence-corrected chi connectivity index (χ0v) is 13.7. The van der Waals surface area contributed by atoms with E-state index < -0.39 is 0 Å². The molecule has 3 nitrogen and oxygen atoms in total. The SMILES string of the molecule is CC.O=C(CC1CSCCS1)N1C2CCC1CNC2. The van der Waals surface area contributed by atoms with Crippen LogP contribution in [0.4, 0.5) is 0 Å². The first-order valence-corrected chi connectivity index (χ1v) is 9.76. The first-order valence-electron chi connectivity index (χ1n) is 7.56. The second kappa shape index (κ2) is 7.79. The lowest BCUT2D eigenvalue weighted by atomic mass is 10.2. The molecule has 19 heavy (non-hydrogen) atoms. The molecule has 0 aliphatic carbocycles. The fraction of sp³-hybridized carbons (Fsp3) is 0.929. The number of carbonyl (C=O) groups excluding carboxylic acids is 1. The van der Waals surface area contributed by atoms with Crippen LogP contribution in [0, 0.1) is 0 Å². The molecule has 0 radical (unpaired) electrons. The quantitative estimate of drug-likeness (QED) is 0.848. The number of hydrogen-bond donors (Lipinski definition) is 1. The van der Waals surface area contributed by atoms with Crippen LogP contribution in [0.3, 0.4) is 0 Å². The molecule has 3 saturated heterocycles. The highest BCUT2D eigenvalue weighted by Gasteiger charge is 2.39. The number of nitrogens with zero attached hydrogens (tertiary/aromatic N) is 1. The molecular weight excluding hydrogens is 276 g/mol. The number of amides is 1. The highest BCUT2D eigenvalue weighted by molar-refractivity contribution is 8.06. The van der Waals surface area contributed by atoms with E-state index in [0.29, 0.717) is 23.2 Å². The molecule has 1 amide bonds. The zero-order chi connectivity index (χ0) is 13.7. The Morgan fingerprint density at radius 2 is 1.89 bits per heavy atom. The van der Waals surface area contributed by atoms with Gasteiger partial charge in [0.15, 0.2) is 0 Å². The molecule has 2 bridgehead atoms. The van der Waals surface area contributed by atoms with E-state index in [-0.39, 0.29) is 0 Å². The summed E-state index contributed by atoms with van der Waals surface area (Å²) < 4.78 is 0. The van der Waals surface area contributed by atoms with E-state index in [1.807, 2.05) is 37.4 Å². The van der Waals surface area contributed by atoms with E-state index in [9.17, 15) is 4.79 Å². The fourth-order valence-electron chi connectivity index (χ4n) is 3.14. The van der Waals surface area contributed by atoms with Crippen molar-refractivity contribution >= 4 is 29.4 Å². The van der Waals surface area contributed by atoms with E-state index >= 15 is 0 Å². The third-order valence-electron chi connectivity index (χ3n) is 3.96. The number of rotatable bonds is 2. The van der Waals surface area contributed by atoms with Gasteiger partial charge in [-0.1, -0.05) is 13.8 Å². The molecule has 3 fully saturated rings. The Labute approximate surface area is 125 Å². The average molecular weight is 303 g/mol. The number of nitrogens with one attached hydrogen (secondary N) is 1. The molecule has 0 aromatic rings. The third kappa shape index (κ3) is 3.82. The molecule has 3 atom stereocenters. The predicted molar refractivity (Wildman–Crippen MR) is 86.1 cm³/mol. The van der Waals surface area contributed by atoms with E-state index in [0.717, 1.165) is 25.3 Å². The zero-order valence-electron chi connectivity index (χ0n) is 12.1. The van der Waals surface area contributed by atoms with Gasteiger partial charge < -0.3 is 10.2 Å². The van der Waals surface area contributed by atoms with E-state index in [4.69, 9.17) is 0 Å². The summed E-state index contributed by atoms with van der Waals surface area (Å²) in [5, 5.41) is 4.00. The molecule has 0 aromatic heterocycles. The maximum absolute atomic E-state index is 12.4. The van der Waals surface area contributed by atoms with Crippen LogP contribution in [0.15, 0.2) is 0 Å². The highest BCUT2D eigenvalue weighted by atomic mass is 32.2. The van der Waals surface area contributed by atoms with Crippen LogP contribution in [0.25, 0.3) is 0 Å². The van der Waals surface area contributed by atoms with Crippen LogP contribution >= 0.6 is 23.5 Å². The van der Waals surface area contributed by atoms with Gasteiger partial charge in [-0.05, 0) is 12.8 Å². The minimum absolute atomic E-state index is 0.416. The largest absolute Gasteiger partial charge is 0.334 e. The molecule has 3 unspecified atom stereocenters. The van der Waals surface area contributed by atoms with Crippen LogP contribution in [0.1, 0.15) is 33.1 Å². The second-order valence-electron chi connectivity index (χ2n) is 5.12. The Morgan fingerprint density at radius 3 is 2.47 bits per heavy atom. The molecular formula is C14H26N2OS2. The lowest BCUT2D eigenvalue weighted by Crippen LogP contribution is -2.54. The second-order valence-corrected chi connectivity index (χ2v) is 7.67. The van der Waals surface area contributed by atoms with Crippen molar-refractivity contribution < 1.29 is 4.79 Å². The van der Waals surface area contributed by atoms with Crippen molar-refractivity contribution in [1.29, 1.82) is 0 Å². The number of thioether (sulfide) groups is 2. The van der Waals surface area contributed by atoms with E-state index in [2.05, 4.69) is 10.2 Å². The monoisotopic (exact) mass is 302 g/mol. The third-order valence-corrected chi connectivity index (χ3v) is 6.80. The summed E-state index contributed by atoms with van der Waals surface area (Å²) in [5.74, 6) is 4.06. The first-order chi connectivity index (χ1) is 9.34. The maximum Gasteiger partial charge on any atom is 0.224 e. The van der Waals surface area contributed by atoms with Crippen LogP contribution in [0.2, 0.25) is 0 Å². The van der Waals surface area contributed by atoms with Crippen molar-refractivity contribution in [3.05, 3.63) is 0 Å². The fourth-order valence-corrected chi connectivity index (χ4v) is 5.81. The Balaban J connectivity index is 0.000000637. The van der Waals surface area contributed by atoms with Crippen molar-refractivity contribution in [2.75, 3.05) is 30.3 Å². The Hall–Kier alpha value is 0.130. The summed E-state index contributed by atoms with van der Waals surface area (Å²) in [6, 6.07) is 0.977. The molecule has 0 saturated carbocycles. The highest BCUT2D eigenvalue weighted by Crippen LogP contribution is 2.31. The lowest BCUT2D eigenvalue weighted by molar-refractivity contribution is -0.134. The van der Waals surface area contributed by atoms with Gasteiger partial charge in [-0.15, -0.1) is 0 Å². The number of fused-ring (bicyclic) bond motifs is 2. The minimum Gasteiger partial charge on any atom is -0.334 e. The summed E-state index contributed by atoms with van der Waals surface area (Å²) >= 11 is 4.00. The molecule has 0 aromatic carbocycles. The molecule has 3 heterocycles. The van der Waals surface area contributed by atoms with Gasteiger partial charge in [0.05, 0.1) is 0 Å². The van der Waals surface area contributed by atoms with Crippen molar-refractivity contribution in [2.45, 2.75) is 50.4 Å². The smallest absolute Gasteiger partial charge is 0.224 e. The summed E-state index contributed by atoms with van der Waals surface area (Å²) in [6.45, 7) is 6.02. The van der Waals surface area contributed by atoms with Gasteiger partial charge >= 0.3 is 0 Å².